The number of hydrogen-bond acceptors (Lipinski definition) is 3. The number of amides is 3. The number of rotatable bonds is 7. The fourth-order valence-corrected chi connectivity index (χ4v) is 3.30. The van der Waals surface area contributed by atoms with Crippen LogP contribution in [0.1, 0.15) is 31.7 Å². The van der Waals surface area contributed by atoms with Crippen molar-refractivity contribution in [3.05, 3.63) is 54.1 Å². The molecule has 0 bridgehead atoms. The van der Waals surface area contributed by atoms with Gasteiger partial charge in [0.05, 0.1) is 13.2 Å². The third-order valence-electron chi connectivity index (χ3n) is 4.88. The molecule has 0 spiro atoms. The summed E-state index contributed by atoms with van der Waals surface area (Å²) in [7, 11) is 1.60. The number of aryl methyl sites for hydroxylation is 1. The Balaban J connectivity index is 1.52. The zero-order valence-corrected chi connectivity index (χ0v) is 16.4. The third-order valence-corrected chi connectivity index (χ3v) is 4.88. The number of carbonyl (C=O) groups is 2. The highest BCUT2D eigenvalue weighted by atomic mass is 16.5. The van der Waals surface area contributed by atoms with E-state index >= 15 is 0 Å². The molecule has 0 radical (unpaired) electrons. The lowest BCUT2D eigenvalue weighted by molar-refractivity contribution is -0.117. The molecule has 1 fully saturated rings. The van der Waals surface area contributed by atoms with Crippen LogP contribution in [0.3, 0.4) is 0 Å². The summed E-state index contributed by atoms with van der Waals surface area (Å²) in [5, 5.41) is 5.73. The zero-order valence-electron chi connectivity index (χ0n) is 16.4. The Morgan fingerprint density at radius 2 is 1.86 bits per heavy atom. The van der Waals surface area contributed by atoms with E-state index < -0.39 is 0 Å². The molecule has 2 N–H and O–H groups in total. The maximum Gasteiger partial charge on any atom is 0.319 e. The summed E-state index contributed by atoms with van der Waals surface area (Å²) in [5.41, 5.74) is 2.82. The van der Waals surface area contributed by atoms with E-state index in [1.54, 1.807) is 12.0 Å². The first kappa shape index (κ1) is 19.7. The molecular weight excluding hydrogens is 354 g/mol. The first-order chi connectivity index (χ1) is 13.6. The maximum atomic E-state index is 12.3. The quantitative estimate of drug-likeness (QED) is 0.762. The molecule has 0 aromatic heterocycles. The van der Waals surface area contributed by atoms with Crippen LogP contribution in [-0.4, -0.2) is 31.6 Å². The second-order valence-corrected chi connectivity index (χ2v) is 7.00. The minimum Gasteiger partial charge on any atom is -0.497 e. The van der Waals surface area contributed by atoms with Crippen LogP contribution in [0, 0.1) is 0 Å². The zero-order chi connectivity index (χ0) is 19.9. The van der Waals surface area contributed by atoms with Crippen molar-refractivity contribution in [2.75, 3.05) is 23.9 Å². The van der Waals surface area contributed by atoms with Gasteiger partial charge in [-0.2, -0.15) is 0 Å². The van der Waals surface area contributed by atoms with Gasteiger partial charge in [0.15, 0.2) is 0 Å². The molecule has 6 nitrogen and oxygen atoms in total. The summed E-state index contributed by atoms with van der Waals surface area (Å²) in [4.78, 5) is 26.3. The molecule has 3 rings (SSSR count). The predicted molar refractivity (Wildman–Crippen MR) is 111 cm³/mol. The number of nitrogens with one attached hydrogen (secondary N) is 2. The van der Waals surface area contributed by atoms with Gasteiger partial charge in [0.25, 0.3) is 0 Å². The summed E-state index contributed by atoms with van der Waals surface area (Å²) < 4.78 is 5.15. The van der Waals surface area contributed by atoms with Crippen LogP contribution in [0.4, 0.5) is 16.2 Å². The highest BCUT2D eigenvalue weighted by Gasteiger charge is 2.31. The van der Waals surface area contributed by atoms with E-state index in [0.717, 1.165) is 36.4 Å². The molecule has 0 aliphatic carbocycles. The number of urea groups is 1. The van der Waals surface area contributed by atoms with E-state index in [1.165, 1.54) is 5.56 Å². The number of anilines is 2. The molecule has 0 saturated carbocycles. The van der Waals surface area contributed by atoms with Gasteiger partial charge in [0, 0.05) is 24.3 Å². The maximum absolute atomic E-state index is 12.3. The second kappa shape index (κ2) is 9.26. The van der Waals surface area contributed by atoms with E-state index in [4.69, 9.17) is 4.74 Å². The van der Waals surface area contributed by atoms with Crippen LogP contribution in [0.15, 0.2) is 48.5 Å². The Hall–Kier alpha value is -3.02. The molecule has 1 heterocycles. The Morgan fingerprint density at radius 3 is 2.50 bits per heavy atom. The number of nitrogens with zero attached hydrogens (tertiary/aromatic N) is 1. The van der Waals surface area contributed by atoms with Crippen LogP contribution in [0.2, 0.25) is 0 Å². The second-order valence-electron chi connectivity index (χ2n) is 7.00. The summed E-state index contributed by atoms with van der Waals surface area (Å²) in [6.07, 6.45) is 3.66. The molecule has 1 aliphatic rings. The van der Waals surface area contributed by atoms with Gasteiger partial charge in [-0.05, 0) is 54.8 Å². The van der Waals surface area contributed by atoms with Crippen molar-refractivity contribution in [3.8, 4) is 5.75 Å². The number of unbranched alkanes of at least 4 members (excludes halogenated alkanes) is 1. The summed E-state index contributed by atoms with van der Waals surface area (Å²) >= 11 is 0. The first-order valence-electron chi connectivity index (χ1n) is 9.70. The Kier molecular flexibility index (Phi) is 6.53. The molecule has 3 amide bonds. The number of carbonyl (C=O) groups excluding carboxylic acids is 2. The lowest BCUT2D eigenvalue weighted by Crippen LogP contribution is -2.39. The van der Waals surface area contributed by atoms with Crippen LogP contribution in [0.5, 0.6) is 5.75 Å². The van der Waals surface area contributed by atoms with Crippen molar-refractivity contribution in [2.45, 2.75) is 38.6 Å². The van der Waals surface area contributed by atoms with Gasteiger partial charge in [0.1, 0.15) is 5.75 Å². The van der Waals surface area contributed by atoms with Crippen molar-refractivity contribution >= 4 is 23.3 Å². The van der Waals surface area contributed by atoms with Crippen molar-refractivity contribution in [1.29, 1.82) is 0 Å². The Morgan fingerprint density at radius 1 is 1.14 bits per heavy atom. The molecular formula is C22H27N3O3. The van der Waals surface area contributed by atoms with Gasteiger partial charge in [0.2, 0.25) is 5.91 Å². The predicted octanol–water partition coefficient (Wildman–Crippen LogP) is 3.96. The largest absolute Gasteiger partial charge is 0.497 e. The lowest BCUT2D eigenvalue weighted by atomic mass is 10.1. The third kappa shape index (κ3) is 5.03. The minimum absolute atomic E-state index is 0.00394. The number of benzene rings is 2. The first-order valence-corrected chi connectivity index (χ1v) is 9.70. The summed E-state index contributed by atoms with van der Waals surface area (Å²) in [5.74, 6) is 0.737. The average Bonchev–Trinajstić information content (AvgIpc) is 3.07. The van der Waals surface area contributed by atoms with E-state index in [-0.39, 0.29) is 24.4 Å². The van der Waals surface area contributed by atoms with Crippen molar-refractivity contribution in [2.24, 2.45) is 0 Å². The van der Waals surface area contributed by atoms with E-state index in [2.05, 4.69) is 17.6 Å². The number of hydrogen-bond donors (Lipinski definition) is 2. The monoisotopic (exact) mass is 381 g/mol. The topological polar surface area (TPSA) is 70.7 Å². The Labute approximate surface area is 165 Å². The van der Waals surface area contributed by atoms with Crippen molar-refractivity contribution < 1.29 is 14.3 Å². The van der Waals surface area contributed by atoms with Crippen molar-refractivity contribution in [3.63, 3.8) is 0 Å². The highest BCUT2D eigenvalue weighted by molar-refractivity contribution is 5.97. The fourth-order valence-electron chi connectivity index (χ4n) is 3.30. The van der Waals surface area contributed by atoms with Crippen LogP contribution in [-0.2, 0) is 11.2 Å². The lowest BCUT2D eigenvalue weighted by Gasteiger charge is -2.18. The van der Waals surface area contributed by atoms with Crippen molar-refractivity contribution in [1.82, 2.24) is 5.32 Å². The minimum atomic E-state index is -0.296. The molecule has 1 aliphatic heterocycles. The van der Waals surface area contributed by atoms with Gasteiger partial charge in [-0.25, -0.2) is 4.79 Å². The van der Waals surface area contributed by atoms with Crippen LogP contribution < -0.4 is 20.3 Å². The standard InChI is InChI=1S/C22H27N3O3/c1-3-4-5-16-6-8-17(9-7-16)23-22(27)24-18-14-21(26)25(15-18)19-10-12-20(28-2)13-11-19/h6-13,18H,3-5,14-15H2,1-2H3,(H2,23,24,27). The van der Waals surface area contributed by atoms with Gasteiger partial charge in [-0.3, -0.25) is 4.79 Å². The smallest absolute Gasteiger partial charge is 0.319 e. The fraction of sp³-hybridized carbons (Fsp3) is 0.364. The molecule has 2 aromatic carbocycles. The molecule has 148 valence electrons. The van der Waals surface area contributed by atoms with Gasteiger partial charge in [-0.1, -0.05) is 25.5 Å². The van der Waals surface area contributed by atoms with Crippen LogP contribution in [0.25, 0.3) is 0 Å². The van der Waals surface area contributed by atoms with Crippen LogP contribution >= 0.6 is 0 Å². The molecule has 1 atom stereocenters. The highest BCUT2D eigenvalue weighted by Crippen LogP contribution is 2.24. The number of methoxy groups -OCH3 is 1. The van der Waals surface area contributed by atoms with E-state index in [9.17, 15) is 9.59 Å². The summed E-state index contributed by atoms with van der Waals surface area (Å²) in [6.45, 7) is 2.62. The molecule has 1 saturated heterocycles. The number of ether oxygens (including phenoxy) is 1. The van der Waals surface area contributed by atoms with Gasteiger partial charge in [-0.15, -0.1) is 0 Å². The van der Waals surface area contributed by atoms with E-state index in [0.29, 0.717) is 6.54 Å². The van der Waals surface area contributed by atoms with Gasteiger partial charge < -0.3 is 20.3 Å². The molecule has 6 heteroatoms. The average molecular weight is 381 g/mol. The molecule has 1 unspecified atom stereocenters. The van der Waals surface area contributed by atoms with E-state index in [1.807, 2.05) is 48.5 Å². The normalized spacial score (nSPS) is 16.1. The molecule has 28 heavy (non-hydrogen) atoms. The molecule has 2 aromatic rings. The Bertz CT molecular complexity index is 803. The summed E-state index contributed by atoms with van der Waals surface area (Å²) in [6, 6.07) is 14.7. The SMILES string of the molecule is CCCCc1ccc(NC(=O)NC2CC(=O)N(c3ccc(OC)cc3)C2)cc1. The van der Waals surface area contributed by atoms with Gasteiger partial charge >= 0.3 is 6.03 Å².